The van der Waals surface area contributed by atoms with Crippen molar-refractivity contribution in [2.24, 2.45) is 0 Å². The molecule has 0 spiro atoms. The standard InChI is InChI=1S/C21H24N4O5/c1-20(6-12-4-2-3-5-14(12)30-20)13-7-25(19-16(13)18(22)23-11-24-19)9-21(28)10-29-15(8-26)17(21)27/h2-5,7,11,15,17,26-28H,6,8-10H2,1H3,(H2,22,23,24)/t15-,17?,20?,21?/m1/s1. The molecule has 0 saturated carbocycles. The lowest BCUT2D eigenvalue weighted by Gasteiger charge is -2.27. The van der Waals surface area contributed by atoms with Crippen LogP contribution in [0.3, 0.4) is 0 Å². The molecule has 0 radical (unpaired) electrons. The van der Waals surface area contributed by atoms with E-state index in [2.05, 4.69) is 9.97 Å². The van der Waals surface area contributed by atoms with E-state index in [1.165, 1.54) is 6.33 Å². The molecule has 30 heavy (non-hydrogen) atoms. The number of ether oxygens (including phenoxy) is 2. The fourth-order valence-electron chi connectivity index (χ4n) is 4.57. The topological polar surface area (TPSA) is 136 Å². The number of rotatable bonds is 4. The number of benzene rings is 1. The number of hydrogen-bond donors (Lipinski definition) is 4. The lowest BCUT2D eigenvalue weighted by Crippen LogP contribution is -2.47. The highest BCUT2D eigenvalue weighted by Gasteiger charge is 2.48. The zero-order valence-electron chi connectivity index (χ0n) is 16.5. The summed E-state index contributed by atoms with van der Waals surface area (Å²) in [5.74, 6) is 1.14. The number of fused-ring (bicyclic) bond motifs is 2. The van der Waals surface area contributed by atoms with Gasteiger partial charge in [-0.1, -0.05) is 18.2 Å². The number of anilines is 1. The van der Waals surface area contributed by atoms with Crippen molar-refractivity contribution in [3.8, 4) is 5.75 Å². The van der Waals surface area contributed by atoms with E-state index in [9.17, 15) is 15.3 Å². The molecule has 2 aliphatic heterocycles. The van der Waals surface area contributed by atoms with Gasteiger partial charge in [-0.2, -0.15) is 0 Å². The SMILES string of the molecule is CC1(c2cn(CC3(O)CO[C@H](CO)C3O)c3ncnc(N)c23)Cc2ccccc2O1. The highest BCUT2D eigenvalue weighted by molar-refractivity contribution is 5.90. The number of aliphatic hydroxyl groups excluding tert-OH is 2. The number of para-hydroxylation sites is 1. The van der Waals surface area contributed by atoms with Crippen LogP contribution in [0.1, 0.15) is 18.1 Å². The van der Waals surface area contributed by atoms with Crippen LogP contribution in [-0.2, 0) is 23.3 Å². The molecule has 5 rings (SSSR count). The largest absolute Gasteiger partial charge is 0.482 e. The van der Waals surface area contributed by atoms with Gasteiger partial charge >= 0.3 is 0 Å². The Hall–Kier alpha value is -2.72. The van der Waals surface area contributed by atoms with Crippen LogP contribution in [0.4, 0.5) is 5.82 Å². The van der Waals surface area contributed by atoms with Crippen LogP contribution in [0, 0.1) is 0 Å². The summed E-state index contributed by atoms with van der Waals surface area (Å²) in [4.78, 5) is 8.54. The zero-order valence-corrected chi connectivity index (χ0v) is 16.5. The lowest BCUT2D eigenvalue weighted by atomic mass is 9.91. The van der Waals surface area contributed by atoms with Gasteiger partial charge in [0.05, 0.1) is 25.1 Å². The predicted octanol–water partition coefficient (Wildman–Crippen LogP) is 0.347. The normalized spacial score (nSPS) is 30.5. The maximum Gasteiger partial charge on any atom is 0.146 e. The molecule has 2 aromatic heterocycles. The molecular weight excluding hydrogens is 388 g/mol. The van der Waals surface area contributed by atoms with E-state index < -0.39 is 23.4 Å². The second-order valence-electron chi connectivity index (χ2n) is 8.33. The molecule has 1 aromatic carbocycles. The van der Waals surface area contributed by atoms with E-state index in [1.54, 1.807) is 4.57 Å². The Labute approximate surface area is 172 Å². The maximum absolute atomic E-state index is 11.0. The first-order chi connectivity index (χ1) is 14.3. The summed E-state index contributed by atoms with van der Waals surface area (Å²) in [6.45, 7) is 1.53. The van der Waals surface area contributed by atoms with Crippen molar-refractivity contribution in [2.75, 3.05) is 18.9 Å². The molecular formula is C21H24N4O5. The number of aromatic nitrogens is 3. The Morgan fingerprint density at radius 1 is 1.30 bits per heavy atom. The van der Waals surface area contributed by atoms with Crippen LogP contribution in [0.5, 0.6) is 5.75 Å². The minimum atomic E-state index is -1.57. The predicted molar refractivity (Wildman–Crippen MR) is 108 cm³/mol. The van der Waals surface area contributed by atoms with Crippen molar-refractivity contribution in [2.45, 2.75) is 43.3 Å². The van der Waals surface area contributed by atoms with Crippen LogP contribution in [0.25, 0.3) is 11.0 Å². The van der Waals surface area contributed by atoms with Crippen molar-refractivity contribution in [1.29, 1.82) is 0 Å². The molecule has 0 bridgehead atoms. The molecule has 4 atom stereocenters. The number of aliphatic hydroxyl groups is 3. The van der Waals surface area contributed by atoms with E-state index >= 15 is 0 Å². The van der Waals surface area contributed by atoms with E-state index in [1.807, 2.05) is 37.4 Å². The third-order valence-electron chi connectivity index (χ3n) is 6.16. The van der Waals surface area contributed by atoms with Crippen LogP contribution in [-0.4, -0.2) is 60.9 Å². The lowest BCUT2D eigenvalue weighted by molar-refractivity contribution is -0.0644. The van der Waals surface area contributed by atoms with E-state index in [-0.39, 0.29) is 19.8 Å². The molecule has 9 heteroatoms. The highest BCUT2D eigenvalue weighted by Crippen LogP contribution is 2.44. The average molecular weight is 412 g/mol. The van der Waals surface area contributed by atoms with Crippen molar-refractivity contribution in [3.63, 3.8) is 0 Å². The first-order valence-corrected chi connectivity index (χ1v) is 9.84. The summed E-state index contributed by atoms with van der Waals surface area (Å²) in [7, 11) is 0. The summed E-state index contributed by atoms with van der Waals surface area (Å²) in [6.07, 6.45) is 1.80. The molecule has 9 nitrogen and oxygen atoms in total. The molecule has 0 aliphatic carbocycles. The molecule has 0 amide bonds. The zero-order chi connectivity index (χ0) is 21.1. The molecule has 5 N–H and O–H groups in total. The summed E-state index contributed by atoms with van der Waals surface area (Å²) < 4.78 is 13.4. The van der Waals surface area contributed by atoms with E-state index in [0.29, 0.717) is 23.3 Å². The quantitative estimate of drug-likeness (QED) is 0.482. The summed E-state index contributed by atoms with van der Waals surface area (Å²) in [6, 6.07) is 7.87. The van der Waals surface area contributed by atoms with Gasteiger partial charge in [0, 0.05) is 18.2 Å². The Bertz CT molecular complexity index is 1090. The minimum Gasteiger partial charge on any atom is -0.482 e. The Morgan fingerprint density at radius 3 is 2.83 bits per heavy atom. The van der Waals surface area contributed by atoms with Gasteiger partial charge in [0.1, 0.15) is 47.0 Å². The first-order valence-electron chi connectivity index (χ1n) is 9.84. The molecule has 1 saturated heterocycles. The molecule has 1 fully saturated rings. The maximum atomic E-state index is 11.0. The summed E-state index contributed by atoms with van der Waals surface area (Å²) in [5.41, 5.74) is 6.40. The third kappa shape index (κ3) is 2.78. The fraction of sp³-hybridized carbons (Fsp3) is 0.429. The number of hydrogen-bond acceptors (Lipinski definition) is 8. The van der Waals surface area contributed by atoms with Crippen LogP contribution < -0.4 is 10.5 Å². The van der Waals surface area contributed by atoms with Crippen molar-refractivity contribution < 1.29 is 24.8 Å². The molecule has 158 valence electrons. The molecule has 3 unspecified atom stereocenters. The molecule has 4 heterocycles. The Kier molecular flexibility index (Phi) is 4.26. The highest BCUT2D eigenvalue weighted by atomic mass is 16.5. The molecule has 3 aromatic rings. The van der Waals surface area contributed by atoms with E-state index in [4.69, 9.17) is 15.2 Å². The first kappa shape index (κ1) is 19.3. The van der Waals surface area contributed by atoms with Crippen LogP contribution >= 0.6 is 0 Å². The van der Waals surface area contributed by atoms with Gasteiger partial charge in [0.25, 0.3) is 0 Å². The Morgan fingerprint density at radius 2 is 2.10 bits per heavy atom. The van der Waals surface area contributed by atoms with Gasteiger partial charge in [-0.3, -0.25) is 0 Å². The average Bonchev–Trinajstić information content (AvgIpc) is 3.35. The number of nitrogens with two attached hydrogens (primary N) is 1. The van der Waals surface area contributed by atoms with Gasteiger partial charge in [-0.25, -0.2) is 9.97 Å². The van der Waals surface area contributed by atoms with Crippen molar-refractivity contribution in [1.82, 2.24) is 14.5 Å². The monoisotopic (exact) mass is 412 g/mol. The minimum absolute atomic E-state index is 0.0145. The van der Waals surface area contributed by atoms with Crippen molar-refractivity contribution >= 4 is 16.9 Å². The Balaban J connectivity index is 1.59. The van der Waals surface area contributed by atoms with Gasteiger partial charge < -0.3 is 35.1 Å². The van der Waals surface area contributed by atoms with Crippen LogP contribution in [0.15, 0.2) is 36.8 Å². The number of nitrogen functional groups attached to an aromatic ring is 1. The molecule has 2 aliphatic rings. The van der Waals surface area contributed by atoms with E-state index in [0.717, 1.165) is 16.9 Å². The van der Waals surface area contributed by atoms with Gasteiger partial charge in [0.2, 0.25) is 0 Å². The van der Waals surface area contributed by atoms with Crippen LogP contribution in [0.2, 0.25) is 0 Å². The fourth-order valence-corrected chi connectivity index (χ4v) is 4.57. The van der Waals surface area contributed by atoms with Gasteiger partial charge in [0.15, 0.2) is 0 Å². The van der Waals surface area contributed by atoms with Gasteiger partial charge in [-0.15, -0.1) is 0 Å². The smallest absolute Gasteiger partial charge is 0.146 e. The summed E-state index contributed by atoms with van der Waals surface area (Å²) >= 11 is 0. The number of nitrogens with zero attached hydrogens (tertiary/aromatic N) is 3. The third-order valence-corrected chi connectivity index (χ3v) is 6.16. The van der Waals surface area contributed by atoms with Crippen molar-refractivity contribution in [3.05, 3.63) is 47.9 Å². The summed E-state index contributed by atoms with van der Waals surface area (Å²) in [5, 5.41) is 31.5. The van der Waals surface area contributed by atoms with Gasteiger partial charge in [-0.05, 0) is 18.6 Å². The second-order valence-corrected chi connectivity index (χ2v) is 8.33. The second kappa shape index (κ2) is 6.64.